The van der Waals surface area contributed by atoms with Crippen LogP contribution in [0, 0.1) is 11.8 Å². The SMILES string of the molecule is O=C1CC/C=C\CN(Cc2ccccc2)C(=O)[C@@H]2N(CCO)C(=O)[C@H]3[C@H](C(=O)N[C@H](c4ccccc4)CO1)[C@@H]1C=C[C@]23O1. The molecule has 1 spiro atoms. The van der Waals surface area contributed by atoms with E-state index < -0.39 is 53.4 Å². The Balaban J connectivity index is 1.39. The number of esters is 1. The maximum absolute atomic E-state index is 14.5. The summed E-state index contributed by atoms with van der Waals surface area (Å²) in [5, 5.41) is 12.9. The molecular formula is C33H35N3O7. The number of likely N-dealkylation sites (tertiary alicyclic amines) is 1. The average molecular weight is 586 g/mol. The van der Waals surface area contributed by atoms with Crippen molar-refractivity contribution >= 4 is 23.7 Å². The molecular weight excluding hydrogens is 550 g/mol. The number of benzene rings is 2. The van der Waals surface area contributed by atoms with Crippen LogP contribution >= 0.6 is 0 Å². The Morgan fingerprint density at radius 1 is 0.953 bits per heavy atom. The monoisotopic (exact) mass is 585 g/mol. The van der Waals surface area contributed by atoms with Gasteiger partial charge in [-0.15, -0.1) is 0 Å². The van der Waals surface area contributed by atoms with Gasteiger partial charge in [0.1, 0.15) is 18.2 Å². The number of cyclic esters (lactones) is 1. The van der Waals surface area contributed by atoms with Gasteiger partial charge in [0.2, 0.25) is 17.7 Å². The third-order valence-electron chi connectivity index (χ3n) is 8.72. The molecule has 4 aliphatic rings. The summed E-state index contributed by atoms with van der Waals surface area (Å²) in [6, 6.07) is 17.0. The number of hydrogen-bond acceptors (Lipinski definition) is 7. The Hall–Kier alpha value is -4.28. The first-order valence-electron chi connectivity index (χ1n) is 14.7. The van der Waals surface area contributed by atoms with Crippen molar-refractivity contribution < 1.29 is 33.8 Å². The maximum Gasteiger partial charge on any atom is 0.306 e. The first kappa shape index (κ1) is 28.8. The van der Waals surface area contributed by atoms with Gasteiger partial charge < -0.3 is 29.7 Å². The first-order valence-corrected chi connectivity index (χ1v) is 14.7. The van der Waals surface area contributed by atoms with E-state index in [4.69, 9.17) is 9.47 Å². The normalized spacial score (nSPS) is 31.6. The number of allylic oxidation sites excluding steroid dienone is 1. The van der Waals surface area contributed by atoms with Gasteiger partial charge in [-0.2, -0.15) is 0 Å². The molecule has 5 bridgehead atoms. The van der Waals surface area contributed by atoms with Crippen LogP contribution in [0.15, 0.2) is 85.0 Å². The minimum atomic E-state index is -1.35. The van der Waals surface area contributed by atoms with Gasteiger partial charge in [-0.25, -0.2) is 0 Å². The predicted molar refractivity (Wildman–Crippen MR) is 155 cm³/mol. The molecule has 0 saturated carbocycles. The Morgan fingerprint density at radius 2 is 1.70 bits per heavy atom. The lowest BCUT2D eigenvalue weighted by atomic mass is 9.74. The van der Waals surface area contributed by atoms with Crippen LogP contribution in [0.1, 0.15) is 30.0 Å². The zero-order chi connectivity index (χ0) is 30.0. The van der Waals surface area contributed by atoms with Crippen molar-refractivity contribution in [2.24, 2.45) is 11.8 Å². The number of β-amino-alcohol motifs (C(OH)–C–C–N with tert-alkyl or cyclic N) is 1. The maximum atomic E-state index is 14.5. The minimum Gasteiger partial charge on any atom is -0.463 e. The summed E-state index contributed by atoms with van der Waals surface area (Å²) in [4.78, 5) is 58.1. The van der Waals surface area contributed by atoms with Gasteiger partial charge in [0.15, 0.2) is 0 Å². The molecule has 0 aromatic heterocycles. The van der Waals surface area contributed by atoms with Crippen LogP contribution < -0.4 is 5.32 Å². The van der Waals surface area contributed by atoms with E-state index in [0.29, 0.717) is 6.42 Å². The lowest BCUT2D eigenvalue weighted by Crippen LogP contribution is -2.56. The molecule has 0 aliphatic carbocycles. The second-order valence-corrected chi connectivity index (χ2v) is 11.3. The number of carbonyl (C=O) groups is 4. The van der Waals surface area contributed by atoms with E-state index in [0.717, 1.165) is 11.1 Å². The molecule has 2 aromatic carbocycles. The topological polar surface area (TPSA) is 125 Å². The highest BCUT2D eigenvalue weighted by Crippen LogP contribution is 2.55. The molecule has 6 atom stereocenters. The molecule has 10 nitrogen and oxygen atoms in total. The third-order valence-corrected chi connectivity index (χ3v) is 8.72. The molecule has 0 unspecified atom stereocenters. The highest BCUT2D eigenvalue weighted by atomic mass is 16.5. The molecule has 4 aliphatic heterocycles. The molecule has 43 heavy (non-hydrogen) atoms. The quantitative estimate of drug-likeness (QED) is 0.406. The summed E-state index contributed by atoms with van der Waals surface area (Å²) in [5.74, 6) is -3.43. The lowest BCUT2D eigenvalue weighted by molar-refractivity contribution is -0.148. The molecule has 2 saturated heterocycles. The number of nitrogens with one attached hydrogen (secondary N) is 1. The Labute approximate surface area is 249 Å². The Morgan fingerprint density at radius 3 is 2.44 bits per heavy atom. The largest absolute Gasteiger partial charge is 0.463 e. The number of hydrogen-bond donors (Lipinski definition) is 2. The fourth-order valence-electron chi connectivity index (χ4n) is 6.75. The van der Waals surface area contributed by atoms with Gasteiger partial charge in [0.25, 0.3) is 0 Å². The summed E-state index contributed by atoms with van der Waals surface area (Å²) in [6.45, 7) is 0.0248. The summed E-state index contributed by atoms with van der Waals surface area (Å²) in [5.41, 5.74) is 0.305. The summed E-state index contributed by atoms with van der Waals surface area (Å²) >= 11 is 0. The molecule has 0 radical (unpaired) electrons. The van der Waals surface area contributed by atoms with Gasteiger partial charge >= 0.3 is 5.97 Å². The van der Waals surface area contributed by atoms with Gasteiger partial charge in [-0.3, -0.25) is 19.2 Å². The smallest absolute Gasteiger partial charge is 0.306 e. The second kappa shape index (κ2) is 12.1. The lowest BCUT2D eigenvalue weighted by Gasteiger charge is -2.35. The van der Waals surface area contributed by atoms with Crippen molar-refractivity contribution in [3.63, 3.8) is 0 Å². The predicted octanol–water partition coefficient (Wildman–Crippen LogP) is 1.91. The molecule has 2 fully saturated rings. The molecule has 2 N–H and O–H groups in total. The third kappa shape index (κ3) is 5.36. The Kier molecular flexibility index (Phi) is 8.14. The van der Waals surface area contributed by atoms with Crippen molar-refractivity contribution in [3.8, 4) is 0 Å². The highest BCUT2D eigenvalue weighted by molar-refractivity contribution is 6.00. The van der Waals surface area contributed by atoms with Crippen molar-refractivity contribution in [1.29, 1.82) is 0 Å². The van der Waals surface area contributed by atoms with Crippen molar-refractivity contribution in [3.05, 3.63) is 96.1 Å². The number of nitrogens with zero attached hydrogens (tertiary/aromatic N) is 2. The van der Waals surface area contributed by atoms with Gasteiger partial charge in [0.05, 0.1) is 30.6 Å². The van der Waals surface area contributed by atoms with E-state index in [1.165, 1.54) is 4.90 Å². The van der Waals surface area contributed by atoms with E-state index in [9.17, 15) is 24.3 Å². The molecule has 6 rings (SSSR count). The number of aliphatic hydroxyl groups is 1. The van der Waals surface area contributed by atoms with E-state index in [1.54, 1.807) is 17.1 Å². The van der Waals surface area contributed by atoms with Crippen LogP contribution in [0.2, 0.25) is 0 Å². The van der Waals surface area contributed by atoms with Crippen molar-refractivity contribution in [2.45, 2.75) is 43.2 Å². The fraction of sp³-hybridized carbons (Fsp3) is 0.394. The van der Waals surface area contributed by atoms with E-state index >= 15 is 0 Å². The van der Waals surface area contributed by atoms with Crippen molar-refractivity contribution in [2.75, 3.05) is 26.3 Å². The summed E-state index contributed by atoms with van der Waals surface area (Å²) in [6.07, 6.45) is 7.03. The number of carbonyl (C=O) groups excluding carboxylic acids is 4. The number of fused-ring (bicyclic) bond motifs is 2. The first-order chi connectivity index (χ1) is 20.9. The number of ether oxygens (including phenoxy) is 2. The van der Waals surface area contributed by atoms with Crippen LogP contribution in [0.5, 0.6) is 0 Å². The van der Waals surface area contributed by atoms with Crippen LogP contribution in [0.3, 0.4) is 0 Å². The van der Waals surface area contributed by atoms with Crippen LogP contribution in [0.25, 0.3) is 0 Å². The second-order valence-electron chi connectivity index (χ2n) is 11.3. The van der Waals surface area contributed by atoms with Crippen molar-refractivity contribution in [1.82, 2.24) is 15.1 Å². The fourth-order valence-corrected chi connectivity index (χ4v) is 6.75. The number of rotatable bonds is 5. The van der Waals surface area contributed by atoms with E-state index in [-0.39, 0.29) is 45.2 Å². The van der Waals surface area contributed by atoms with Gasteiger partial charge in [0, 0.05) is 26.1 Å². The zero-order valence-corrected chi connectivity index (χ0v) is 23.7. The zero-order valence-electron chi connectivity index (χ0n) is 23.7. The molecule has 4 heterocycles. The van der Waals surface area contributed by atoms with E-state index in [1.807, 2.05) is 72.8 Å². The van der Waals surface area contributed by atoms with Crippen LogP contribution in [-0.2, 0) is 35.2 Å². The minimum absolute atomic E-state index is 0.0682. The number of amides is 3. The molecule has 2 aromatic rings. The molecule has 224 valence electrons. The van der Waals surface area contributed by atoms with Gasteiger partial charge in [-0.05, 0) is 17.5 Å². The number of aliphatic hydroxyl groups excluding tert-OH is 1. The average Bonchev–Trinajstić information content (AvgIpc) is 3.66. The molecule has 3 amide bonds. The summed E-state index contributed by atoms with van der Waals surface area (Å²) < 4.78 is 12.0. The van der Waals surface area contributed by atoms with Crippen LogP contribution in [-0.4, -0.2) is 82.6 Å². The van der Waals surface area contributed by atoms with E-state index in [2.05, 4.69) is 5.32 Å². The van der Waals surface area contributed by atoms with Gasteiger partial charge in [-0.1, -0.05) is 85.0 Å². The summed E-state index contributed by atoms with van der Waals surface area (Å²) in [7, 11) is 0. The highest BCUT2D eigenvalue weighted by Gasteiger charge is 2.73. The van der Waals surface area contributed by atoms with Crippen LogP contribution in [0.4, 0.5) is 0 Å². The molecule has 10 heteroatoms. The Bertz CT molecular complexity index is 1430. The standard InChI is InChI=1S/C33H35N3O7/c37-19-18-36-29-32(41)35(20-22-10-4-1-5-11-22)17-9-3-8-14-26(38)42-21-24(23-12-6-2-7-13-23)34-30(39)27-25-15-16-33(29,43-25)28(27)31(36)40/h1-7,9-13,15-16,24-25,27-29,37H,8,14,17-21H2,(H,34,39)/b9-3-/t24-,25-,27+,28+,29-,33+/m0/s1.